The Bertz CT molecular complexity index is 352. The van der Waals surface area contributed by atoms with Crippen LogP contribution in [0.3, 0.4) is 0 Å². The van der Waals surface area contributed by atoms with E-state index in [9.17, 15) is 4.79 Å². The maximum Gasteiger partial charge on any atom is 0.144 e. The zero-order chi connectivity index (χ0) is 9.71. The molecule has 0 aliphatic heterocycles. The van der Waals surface area contributed by atoms with E-state index in [1.54, 1.807) is 0 Å². The molecule has 0 aromatic carbocycles. The van der Waals surface area contributed by atoms with Crippen LogP contribution in [0.1, 0.15) is 19.3 Å². The first-order valence-corrected chi connectivity index (χ1v) is 5.44. The van der Waals surface area contributed by atoms with Crippen molar-refractivity contribution in [1.29, 1.82) is 5.26 Å². The van der Waals surface area contributed by atoms with Gasteiger partial charge in [-0.15, -0.1) is 0 Å². The highest BCUT2D eigenvalue weighted by molar-refractivity contribution is 5.90. The molecule has 0 spiro atoms. The highest BCUT2D eigenvalue weighted by Crippen LogP contribution is 2.54. The second-order valence-corrected chi connectivity index (χ2v) is 4.75. The van der Waals surface area contributed by atoms with Crippen LogP contribution in [0.15, 0.2) is 12.2 Å². The van der Waals surface area contributed by atoms with E-state index in [0.717, 1.165) is 6.42 Å². The maximum absolute atomic E-state index is 12.0. The topological polar surface area (TPSA) is 40.9 Å². The molecule has 3 rings (SSSR count). The van der Waals surface area contributed by atoms with Crippen molar-refractivity contribution >= 4 is 5.78 Å². The van der Waals surface area contributed by atoms with Gasteiger partial charge in [-0.1, -0.05) is 18.6 Å². The van der Waals surface area contributed by atoms with Crippen molar-refractivity contribution in [3.63, 3.8) is 0 Å². The molecule has 2 fully saturated rings. The van der Waals surface area contributed by atoms with Gasteiger partial charge >= 0.3 is 0 Å². The Balaban J connectivity index is 2.04. The summed E-state index contributed by atoms with van der Waals surface area (Å²) in [6, 6.07) is 2.27. The molecule has 0 aromatic rings. The molecule has 14 heavy (non-hydrogen) atoms. The van der Waals surface area contributed by atoms with E-state index in [2.05, 4.69) is 6.07 Å². The van der Waals surface area contributed by atoms with Gasteiger partial charge in [0.2, 0.25) is 0 Å². The fourth-order valence-electron chi connectivity index (χ4n) is 3.72. The number of nitriles is 1. The summed E-state index contributed by atoms with van der Waals surface area (Å²) >= 11 is 0. The highest BCUT2D eigenvalue weighted by Gasteiger charge is 2.54. The Kier molecular flexibility index (Phi) is 1.58. The number of hydrogen-bond donors (Lipinski definition) is 0. The largest absolute Gasteiger partial charge is 0.299 e. The smallest absolute Gasteiger partial charge is 0.144 e. The SMILES string of the molecule is N#C[C@@H]1C=C[C@H]2C(=O)[C@@H]1[C@H]1CCC[C@H]12. The van der Waals surface area contributed by atoms with E-state index in [0.29, 0.717) is 17.6 Å². The first-order chi connectivity index (χ1) is 6.83. The summed E-state index contributed by atoms with van der Waals surface area (Å²) in [4.78, 5) is 12.0. The number of Topliss-reactive ketones (excluding diaryl/α,β-unsaturated/α-hetero) is 1. The molecule has 2 saturated carbocycles. The van der Waals surface area contributed by atoms with Crippen molar-refractivity contribution in [1.82, 2.24) is 0 Å². The van der Waals surface area contributed by atoms with Gasteiger partial charge in [0.15, 0.2) is 0 Å². The average Bonchev–Trinajstić information content (AvgIpc) is 2.70. The fourth-order valence-corrected chi connectivity index (χ4v) is 3.72. The van der Waals surface area contributed by atoms with Gasteiger partial charge in [-0.2, -0.15) is 5.26 Å². The van der Waals surface area contributed by atoms with Crippen molar-refractivity contribution in [3.8, 4) is 6.07 Å². The normalized spacial score (nSPS) is 49.1. The Morgan fingerprint density at radius 2 is 2.07 bits per heavy atom. The zero-order valence-corrected chi connectivity index (χ0v) is 8.02. The van der Waals surface area contributed by atoms with Crippen molar-refractivity contribution < 1.29 is 4.79 Å². The Morgan fingerprint density at radius 3 is 2.86 bits per heavy atom. The van der Waals surface area contributed by atoms with Crippen LogP contribution in [0, 0.1) is 40.9 Å². The van der Waals surface area contributed by atoms with E-state index in [1.165, 1.54) is 12.8 Å². The van der Waals surface area contributed by atoms with E-state index in [1.807, 2.05) is 12.2 Å². The minimum Gasteiger partial charge on any atom is -0.299 e. The highest BCUT2D eigenvalue weighted by atomic mass is 16.1. The number of carbonyl (C=O) groups excluding carboxylic acids is 1. The monoisotopic (exact) mass is 187 g/mol. The van der Waals surface area contributed by atoms with Gasteiger partial charge in [-0.25, -0.2) is 0 Å². The third kappa shape index (κ3) is 0.829. The van der Waals surface area contributed by atoms with Crippen LogP contribution in [0.4, 0.5) is 0 Å². The molecule has 3 aliphatic carbocycles. The van der Waals surface area contributed by atoms with E-state index < -0.39 is 0 Å². The second kappa shape index (κ2) is 2.70. The second-order valence-electron chi connectivity index (χ2n) is 4.75. The molecule has 5 atom stereocenters. The molecule has 3 aliphatic rings. The van der Waals surface area contributed by atoms with Gasteiger partial charge in [0.1, 0.15) is 5.78 Å². The summed E-state index contributed by atoms with van der Waals surface area (Å²) in [6.45, 7) is 0. The summed E-state index contributed by atoms with van der Waals surface area (Å²) in [5.41, 5.74) is 0. The van der Waals surface area contributed by atoms with Gasteiger partial charge in [-0.3, -0.25) is 4.79 Å². The standard InChI is InChI=1S/C12H13NO/c13-6-7-4-5-10-8-2-1-3-9(8)11(7)12(10)14/h4-5,7-11H,1-3H2/t7-,8+,9-,10+,11-/m0/s1. The average molecular weight is 187 g/mol. The number of nitrogens with zero attached hydrogens (tertiary/aromatic N) is 1. The lowest BCUT2D eigenvalue weighted by molar-refractivity contribution is -0.124. The molecule has 0 aromatic heterocycles. The molecule has 2 heteroatoms. The number of fused-ring (bicyclic) bond motifs is 5. The molecule has 0 amide bonds. The predicted molar refractivity (Wildman–Crippen MR) is 51.1 cm³/mol. The van der Waals surface area contributed by atoms with Gasteiger partial charge in [0, 0.05) is 11.8 Å². The molecule has 0 N–H and O–H groups in total. The van der Waals surface area contributed by atoms with Gasteiger partial charge in [0.05, 0.1) is 12.0 Å². The van der Waals surface area contributed by atoms with Crippen LogP contribution in [-0.2, 0) is 4.79 Å². The molecule has 2 nitrogen and oxygen atoms in total. The van der Waals surface area contributed by atoms with Gasteiger partial charge in [0.25, 0.3) is 0 Å². The van der Waals surface area contributed by atoms with Crippen LogP contribution < -0.4 is 0 Å². The summed E-state index contributed by atoms with van der Waals surface area (Å²) in [6.07, 6.45) is 7.58. The summed E-state index contributed by atoms with van der Waals surface area (Å²) in [7, 11) is 0. The number of rotatable bonds is 0. The van der Waals surface area contributed by atoms with E-state index in [-0.39, 0.29) is 17.8 Å². The summed E-state index contributed by atoms with van der Waals surface area (Å²) < 4.78 is 0. The minimum absolute atomic E-state index is 0.0440. The first kappa shape index (κ1) is 8.23. The van der Waals surface area contributed by atoms with Crippen molar-refractivity contribution in [3.05, 3.63) is 12.2 Å². The van der Waals surface area contributed by atoms with Crippen molar-refractivity contribution in [2.75, 3.05) is 0 Å². The number of allylic oxidation sites excluding steroid dienone is 2. The molecular weight excluding hydrogens is 174 g/mol. The quantitative estimate of drug-likeness (QED) is 0.544. The molecule has 0 radical (unpaired) electrons. The number of ketones is 1. The molecule has 72 valence electrons. The van der Waals surface area contributed by atoms with E-state index >= 15 is 0 Å². The van der Waals surface area contributed by atoms with Crippen LogP contribution in [0.2, 0.25) is 0 Å². The van der Waals surface area contributed by atoms with Gasteiger partial charge < -0.3 is 0 Å². The predicted octanol–water partition coefficient (Wildman–Crippen LogP) is 1.93. The Morgan fingerprint density at radius 1 is 1.29 bits per heavy atom. The maximum atomic E-state index is 12.0. The molecule has 0 saturated heterocycles. The lowest BCUT2D eigenvalue weighted by Crippen LogP contribution is -2.26. The Hall–Kier alpha value is -1.10. The van der Waals surface area contributed by atoms with E-state index in [4.69, 9.17) is 5.26 Å². The molecule has 0 unspecified atom stereocenters. The Labute approximate surface area is 83.6 Å². The lowest BCUT2D eigenvalue weighted by Gasteiger charge is -2.20. The third-order valence-corrected chi connectivity index (χ3v) is 4.27. The summed E-state index contributed by atoms with van der Waals surface area (Å²) in [5, 5.41) is 9.00. The van der Waals surface area contributed by atoms with Crippen LogP contribution in [0.5, 0.6) is 0 Å². The molecule has 0 heterocycles. The fraction of sp³-hybridized carbons (Fsp3) is 0.667. The summed E-state index contributed by atoms with van der Waals surface area (Å²) in [5.74, 6) is 1.52. The zero-order valence-electron chi connectivity index (χ0n) is 8.02. The van der Waals surface area contributed by atoms with Gasteiger partial charge in [-0.05, 0) is 24.7 Å². The molecule has 2 bridgehead atoms. The minimum atomic E-state index is -0.133. The van der Waals surface area contributed by atoms with Crippen molar-refractivity contribution in [2.24, 2.45) is 29.6 Å². The van der Waals surface area contributed by atoms with Crippen LogP contribution in [-0.4, -0.2) is 5.78 Å². The van der Waals surface area contributed by atoms with Crippen LogP contribution >= 0.6 is 0 Å². The number of hydrogen-bond acceptors (Lipinski definition) is 2. The van der Waals surface area contributed by atoms with Crippen LogP contribution in [0.25, 0.3) is 0 Å². The molecular formula is C12H13NO. The van der Waals surface area contributed by atoms with Crippen molar-refractivity contribution in [2.45, 2.75) is 19.3 Å². The third-order valence-electron chi connectivity index (χ3n) is 4.27. The number of carbonyl (C=O) groups is 1. The first-order valence-electron chi connectivity index (χ1n) is 5.44. The lowest BCUT2D eigenvalue weighted by atomic mass is 9.80.